The Morgan fingerprint density at radius 1 is 1.22 bits per heavy atom. The van der Waals surface area contributed by atoms with Crippen molar-refractivity contribution in [3.05, 3.63) is 34.9 Å². The lowest BCUT2D eigenvalue weighted by atomic mass is 10.1. The summed E-state index contributed by atoms with van der Waals surface area (Å²) in [5.74, 6) is -0.159. The number of aliphatic hydroxyl groups excluding tert-OH is 1. The van der Waals surface area contributed by atoms with Gasteiger partial charge in [0.15, 0.2) is 0 Å². The molecule has 0 unspecified atom stereocenters. The first-order valence-corrected chi connectivity index (χ1v) is 8.98. The van der Waals surface area contributed by atoms with Gasteiger partial charge in [-0.2, -0.15) is 10.2 Å². The van der Waals surface area contributed by atoms with Gasteiger partial charge in [0.25, 0.3) is 0 Å². The number of carbonyl (C=O) groups excluding carboxylic acids is 2. The molecule has 0 aliphatic carbocycles. The van der Waals surface area contributed by atoms with E-state index in [9.17, 15) is 14.7 Å². The zero-order valence-corrected chi connectivity index (χ0v) is 16.2. The van der Waals surface area contributed by atoms with Crippen LogP contribution in [0.15, 0.2) is 12.1 Å². The molecule has 0 saturated heterocycles. The number of carbonyl (C=O) groups is 2. The summed E-state index contributed by atoms with van der Waals surface area (Å²) in [5.41, 5.74) is 3.17. The SMILES string of the molecule is Cc1cc(C)n(CC(=O)N2CCn3nc([C@@H](O)CC(=O)N(C)C)cc3C2)n1. The first kappa shape index (κ1) is 19.1. The fraction of sp³-hybridized carbons (Fsp3) is 0.556. The molecule has 3 rings (SSSR count). The maximum absolute atomic E-state index is 12.6. The molecule has 9 heteroatoms. The van der Waals surface area contributed by atoms with Crippen molar-refractivity contribution in [2.24, 2.45) is 0 Å². The smallest absolute Gasteiger partial charge is 0.244 e. The van der Waals surface area contributed by atoms with Gasteiger partial charge >= 0.3 is 0 Å². The second kappa shape index (κ2) is 7.51. The van der Waals surface area contributed by atoms with Crippen molar-refractivity contribution >= 4 is 11.8 Å². The number of amides is 2. The minimum absolute atomic E-state index is 0.00136. The molecule has 0 spiro atoms. The Bertz CT molecular complexity index is 853. The van der Waals surface area contributed by atoms with E-state index in [1.165, 1.54) is 4.90 Å². The van der Waals surface area contributed by atoms with Crippen LogP contribution in [0.1, 0.15) is 35.3 Å². The van der Waals surface area contributed by atoms with E-state index in [1.54, 1.807) is 34.4 Å². The summed E-state index contributed by atoms with van der Waals surface area (Å²) in [6.45, 7) is 5.59. The third-order valence-electron chi connectivity index (χ3n) is 4.77. The predicted molar refractivity (Wildman–Crippen MR) is 97.6 cm³/mol. The van der Waals surface area contributed by atoms with Gasteiger partial charge < -0.3 is 14.9 Å². The lowest BCUT2D eigenvalue weighted by Crippen LogP contribution is -2.40. The van der Waals surface area contributed by atoms with Crippen molar-refractivity contribution in [1.82, 2.24) is 29.4 Å². The highest BCUT2D eigenvalue weighted by molar-refractivity contribution is 5.76. The van der Waals surface area contributed by atoms with E-state index in [1.807, 2.05) is 19.9 Å². The molecule has 0 saturated carbocycles. The van der Waals surface area contributed by atoms with E-state index in [-0.39, 0.29) is 24.8 Å². The van der Waals surface area contributed by atoms with Crippen LogP contribution >= 0.6 is 0 Å². The lowest BCUT2D eigenvalue weighted by molar-refractivity contribution is -0.133. The lowest BCUT2D eigenvalue weighted by Gasteiger charge is -2.27. The number of aryl methyl sites for hydroxylation is 2. The molecule has 0 aromatic carbocycles. The number of aromatic nitrogens is 4. The van der Waals surface area contributed by atoms with Crippen molar-refractivity contribution in [2.45, 2.75) is 46.0 Å². The van der Waals surface area contributed by atoms with Crippen molar-refractivity contribution < 1.29 is 14.7 Å². The van der Waals surface area contributed by atoms with Crippen LogP contribution in [-0.2, 0) is 29.2 Å². The van der Waals surface area contributed by atoms with E-state index >= 15 is 0 Å². The van der Waals surface area contributed by atoms with Gasteiger partial charge in [0.2, 0.25) is 11.8 Å². The minimum Gasteiger partial charge on any atom is -0.386 e. The van der Waals surface area contributed by atoms with Gasteiger partial charge in [-0.25, -0.2) is 0 Å². The molecule has 1 atom stereocenters. The van der Waals surface area contributed by atoms with E-state index in [2.05, 4.69) is 10.2 Å². The van der Waals surface area contributed by atoms with Gasteiger partial charge in [0.1, 0.15) is 12.6 Å². The molecule has 9 nitrogen and oxygen atoms in total. The van der Waals surface area contributed by atoms with E-state index in [0.29, 0.717) is 25.3 Å². The largest absolute Gasteiger partial charge is 0.386 e. The molecule has 1 N–H and O–H groups in total. The molecular weight excluding hydrogens is 348 g/mol. The maximum atomic E-state index is 12.6. The average molecular weight is 374 g/mol. The highest BCUT2D eigenvalue weighted by atomic mass is 16.3. The molecular formula is C18H26N6O3. The molecule has 0 radical (unpaired) electrons. The monoisotopic (exact) mass is 374 g/mol. The van der Waals surface area contributed by atoms with E-state index < -0.39 is 6.10 Å². The van der Waals surface area contributed by atoms with Crippen molar-refractivity contribution in [3.8, 4) is 0 Å². The quantitative estimate of drug-likeness (QED) is 0.809. The zero-order chi connectivity index (χ0) is 19.7. The fourth-order valence-corrected chi connectivity index (χ4v) is 3.18. The summed E-state index contributed by atoms with van der Waals surface area (Å²) in [6.07, 6.45) is -0.957. The Morgan fingerprint density at radius 2 is 1.96 bits per heavy atom. The normalized spacial score (nSPS) is 14.8. The first-order valence-electron chi connectivity index (χ1n) is 8.98. The topological polar surface area (TPSA) is 96.5 Å². The standard InChI is InChI=1S/C18H26N6O3/c1-12-7-13(2)24(19-12)11-18(27)22-5-6-23-14(10-22)8-15(20-23)16(25)9-17(26)21(3)4/h7-8,16,25H,5-6,9-11H2,1-4H3/t16-/m0/s1. The molecule has 3 heterocycles. The van der Waals surface area contributed by atoms with Gasteiger partial charge in [-0.15, -0.1) is 0 Å². The van der Waals surface area contributed by atoms with Crippen LogP contribution < -0.4 is 0 Å². The third-order valence-corrected chi connectivity index (χ3v) is 4.77. The highest BCUT2D eigenvalue weighted by Gasteiger charge is 2.25. The molecule has 146 valence electrons. The molecule has 0 fully saturated rings. The Kier molecular flexibility index (Phi) is 5.31. The van der Waals surface area contributed by atoms with Gasteiger partial charge in [-0.05, 0) is 26.0 Å². The summed E-state index contributed by atoms with van der Waals surface area (Å²) < 4.78 is 3.51. The van der Waals surface area contributed by atoms with Crippen LogP contribution in [0.4, 0.5) is 0 Å². The second-order valence-electron chi connectivity index (χ2n) is 7.19. The van der Waals surface area contributed by atoms with Gasteiger partial charge in [-0.1, -0.05) is 0 Å². The third kappa shape index (κ3) is 4.19. The average Bonchev–Trinajstić information content (AvgIpc) is 3.16. The number of hydrogen-bond donors (Lipinski definition) is 1. The first-order chi connectivity index (χ1) is 12.7. The van der Waals surface area contributed by atoms with Crippen LogP contribution in [0.5, 0.6) is 0 Å². The van der Waals surface area contributed by atoms with E-state index in [4.69, 9.17) is 0 Å². The van der Waals surface area contributed by atoms with Crippen LogP contribution in [0.2, 0.25) is 0 Å². The molecule has 2 amide bonds. The van der Waals surface area contributed by atoms with Crippen LogP contribution in [0.25, 0.3) is 0 Å². The van der Waals surface area contributed by atoms with E-state index in [0.717, 1.165) is 17.1 Å². The number of rotatable bonds is 5. The van der Waals surface area contributed by atoms with Crippen LogP contribution in [-0.4, -0.2) is 66.9 Å². The molecule has 0 bridgehead atoms. The van der Waals surface area contributed by atoms with Gasteiger partial charge in [-0.3, -0.25) is 19.0 Å². The number of aliphatic hydroxyl groups is 1. The second-order valence-corrected chi connectivity index (χ2v) is 7.19. The molecule has 1 aliphatic rings. The summed E-state index contributed by atoms with van der Waals surface area (Å²) in [5, 5.41) is 19.0. The van der Waals surface area contributed by atoms with Crippen LogP contribution in [0, 0.1) is 13.8 Å². The Morgan fingerprint density at radius 3 is 2.59 bits per heavy atom. The maximum Gasteiger partial charge on any atom is 0.244 e. The number of fused-ring (bicyclic) bond motifs is 1. The Labute approximate surface area is 158 Å². The summed E-state index contributed by atoms with van der Waals surface area (Å²) in [7, 11) is 3.30. The van der Waals surface area contributed by atoms with Gasteiger partial charge in [0.05, 0.1) is 36.6 Å². The Balaban J connectivity index is 1.66. The van der Waals surface area contributed by atoms with Crippen molar-refractivity contribution in [3.63, 3.8) is 0 Å². The number of nitrogens with zero attached hydrogens (tertiary/aromatic N) is 6. The summed E-state index contributed by atoms with van der Waals surface area (Å²) in [4.78, 5) is 27.6. The predicted octanol–water partition coefficient (Wildman–Crippen LogP) is 0.251. The summed E-state index contributed by atoms with van der Waals surface area (Å²) >= 11 is 0. The molecule has 1 aliphatic heterocycles. The van der Waals surface area contributed by atoms with Crippen molar-refractivity contribution in [1.29, 1.82) is 0 Å². The van der Waals surface area contributed by atoms with Gasteiger partial charge in [0, 0.05) is 26.3 Å². The van der Waals surface area contributed by atoms with Crippen molar-refractivity contribution in [2.75, 3.05) is 20.6 Å². The fourth-order valence-electron chi connectivity index (χ4n) is 3.18. The zero-order valence-electron chi connectivity index (χ0n) is 16.2. The Hall–Kier alpha value is -2.68. The minimum atomic E-state index is -0.947. The highest BCUT2D eigenvalue weighted by Crippen LogP contribution is 2.21. The number of hydrogen-bond acceptors (Lipinski definition) is 5. The van der Waals surface area contributed by atoms with Crippen LogP contribution in [0.3, 0.4) is 0 Å². The molecule has 27 heavy (non-hydrogen) atoms. The molecule has 2 aromatic rings. The summed E-state index contributed by atoms with van der Waals surface area (Å²) in [6, 6.07) is 3.72. The molecule has 2 aromatic heterocycles.